The Balaban J connectivity index is 0.00000211. The monoisotopic (exact) mass is 867 g/mol. The molecule has 0 radical (unpaired) electrons. The summed E-state index contributed by atoms with van der Waals surface area (Å²) >= 11 is 0. The zero-order chi connectivity index (χ0) is 46.4. The van der Waals surface area contributed by atoms with Crippen LogP contribution in [0.4, 0.5) is 26.3 Å². The number of alkyl halides is 6. The summed E-state index contributed by atoms with van der Waals surface area (Å²) in [5.74, 6) is -8.02. The summed E-state index contributed by atoms with van der Waals surface area (Å²) in [5, 5.41) is 32.5. The lowest BCUT2D eigenvalue weighted by Gasteiger charge is -2.26. The van der Waals surface area contributed by atoms with Gasteiger partial charge in [0.1, 0.15) is 23.9 Å². The van der Waals surface area contributed by atoms with Gasteiger partial charge >= 0.3 is 24.3 Å². The number of phenolic OH excluding ortho intramolecular Hbond substituents is 1. The second-order valence-electron chi connectivity index (χ2n) is 13.0. The van der Waals surface area contributed by atoms with E-state index in [9.17, 15) is 50.6 Å². The van der Waals surface area contributed by atoms with Gasteiger partial charge in [0.25, 0.3) is 0 Å². The largest absolute Gasteiger partial charge is 0.508 e. The number of carboxylic acid groups (broad SMARTS) is 2. The number of carbonyl (C=O) groups excluding carboxylic acids is 4. The Morgan fingerprint density at radius 2 is 1.17 bits per heavy atom. The molecule has 0 spiro atoms. The molecule has 0 aliphatic rings. The Bertz CT molecular complexity index is 1710. The fraction of sp³-hybridized carbons (Fsp3) is 0.472. The number of carboxylic acids is 2. The van der Waals surface area contributed by atoms with Gasteiger partial charge in [-0.15, -0.1) is 0 Å². The van der Waals surface area contributed by atoms with Crippen molar-refractivity contribution in [2.45, 2.75) is 95.3 Å². The maximum atomic E-state index is 13.8. The number of carbonyl (C=O) groups is 6. The molecule has 0 aliphatic heterocycles. The van der Waals surface area contributed by atoms with Gasteiger partial charge in [-0.25, -0.2) is 9.59 Å². The van der Waals surface area contributed by atoms with Gasteiger partial charge in [0, 0.05) is 19.4 Å². The van der Waals surface area contributed by atoms with Crippen LogP contribution in [0.2, 0.25) is 0 Å². The SMILES string of the molecule is Cc1cc(O)cc(C)c1C[C@@H](NC(=O)[C@H](N)CCCN=C(N)N)C(=O)N[C@H](CCCCN)C(=O)N[C@@H](Cc1ccccc1)C(N)=O.O=C(O)C(F)(F)F.O=C(O)C(F)(F)F. The number of aliphatic imine (C=N–C) groups is 1. The average molecular weight is 868 g/mol. The molecule has 0 bridgehead atoms. The lowest BCUT2D eigenvalue weighted by Crippen LogP contribution is -2.58. The molecule has 0 saturated carbocycles. The predicted octanol–water partition coefficient (Wildman–Crippen LogP) is 0.510. The average Bonchev–Trinajstić information content (AvgIpc) is 3.13. The number of hydrogen-bond donors (Lipinski definition) is 11. The minimum absolute atomic E-state index is 0.0608. The highest BCUT2D eigenvalue weighted by atomic mass is 19.4. The third-order valence-corrected chi connectivity index (χ3v) is 8.03. The van der Waals surface area contributed by atoms with Crippen molar-refractivity contribution in [2.75, 3.05) is 13.1 Å². The Morgan fingerprint density at radius 3 is 1.62 bits per heavy atom. The van der Waals surface area contributed by atoms with Gasteiger partial charge in [0.05, 0.1) is 6.04 Å². The van der Waals surface area contributed by atoms with Crippen LogP contribution in [0.5, 0.6) is 5.75 Å². The second-order valence-corrected chi connectivity index (χ2v) is 13.0. The highest BCUT2D eigenvalue weighted by molar-refractivity contribution is 5.94. The Kier molecular flexibility index (Phi) is 23.4. The van der Waals surface area contributed by atoms with Crippen LogP contribution in [0.15, 0.2) is 47.5 Å². The third-order valence-electron chi connectivity index (χ3n) is 8.03. The van der Waals surface area contributed by atoms with E-state index in [1.165, 1.54) is 0 Å². The highest BCUT2D eigenvalue weighted by Gasteiger charge is 2.39. The molecule has 336 valence electrons. The van der Waals surface area contributed by atoms with Crippen molar-refractivity contribution in [2.24, 2.45) is 33.7 Å². The molecule has 16 N–H and O–H groups in total. The van der Waals surface area contributed by atoms with Crippen LogP contribution in [0.3, 0.4) is 0 Å². The number of hydrogen-bond acceptors (Lipinski definition) is 10. The summed E-state index contributed by atoms with van der Waals surface area (Å²) in [7, 11) is 0. The molecule has 4 atom stereocenters. The van der Waals surface area contributed by atoms with E-state index in [0.717, 1.165) is 11.1 Å². The molecule has 0 aromatic heterocycles. The zero-order valence-electron chi connectivity index (χ0n) is 32.6. The van der Waals surface area contributed by atoms with Crippen molar-refractivity contribution in [3.8, 4) is 5.75 Å². The van der Waals surface area contributed by atoms with Gasteiger partial charge < -0.3 is 59.9 Å². The lowest BCUT2D eigenvalue weighted by atomic mass is 9.95. The van der Waals surface area contributed by atoms with Crippen molar-refractivity contribution >= 4 is 41.5 Å². The number of aromatic hydroxyl groups is 1. The Labute approximate surface area is 340 Å². The van der Waals surface area contributed by atoms with E-state index in [4.69, 9.17) is 48.5 Å². The number of halogens is 6. The second kappa shape index (κ2) is 26.0. The van der Waals surface area contributed by atoms with Gasteiger partial charge in [0.15, 0.2) is 5.96 Å². The maximum absolute atomic E-state index is 13.8. The van der Waals surface area contributed by atoms with Crippen LogP contribution >= 0.6 is 0 Å². The minimum atomic E-state index is -5.08. The fourth-order valence-electron chi connectivity index (χ4n) is 5.01. The number of unbranched alkanes of at least 4 members (excludes halogenated alkanes) is 1. The minimum Gasteiger partial charge on any atom is -0.508 e. The summed E-state index contributed by atoms with van der Waals surface area (Å²) in [4.78, 5) is 74.4. The summed E-state index contributed by atoms with van der Waals surface area (Å²) < 4.78 is 63.5. The number of nitrogens with one attached hydrogen (secondary N) is 3. The van der Waals surface area contributed by atoms with Gasteiger partial charge in [0.2, 0.25) is 23.6 Å². The number of guanidine groups is 1. The van der Waals surface area contributed by atoms with Gasteiger partial charge in [-0.05, 0) is 86.9 Å². The van der Waals surface area contributed by atoms with Gasteiger partial charge in [-0.2, -0.15) is 26.3 Å². The number of aliphatic carboxylic acids is 2. The van der Waals surface area contributed by atoms with E-state index in [-0.39, 0.29) is 43.9 Å². The molecule has 0 heterocycles. The molecule has 2 aromatic carbocycles. The maximum Gasteiger partial charge on any atom is 0.490 e. The van der Waals surface area contributed by atoms with E-state index in [2.05, 4.69) is 20.9 Å². The fourth-order valence-corrected chi connectivity index (χ4v) is 5.01. The standard InChI is InChI=1S/C32H49N9O5.2C2HF3O2/c1-19-15-22(42)16-20(2)23(19)18-27(41-29(44)24(34)11-8-14-38-32(36)37)31(46)39-25(12-6-7-13-33)30(45)40-26(28(35)43)17-21-9-4-3-5-10-21;2*3-2(4,5)1(6)7/h3-5,9-10,15-16,24-27,42H,6-8,11-14,17-18,33-34H2,1-2H3,(H2,35,43)(H,39,46)(H,40,45)(H,41,44)(H4,36,37,38);2*(H,6,7)/t24-,25-,26+,27-;;/m1../s1. The smallest absolute Gasteiger partial charge is 0.490 e. The first kappa shape index (κ1) is 53.8. The molecule has 24 heteroatoms. The van der Waals surface area contributed by atoms with E-state index in [0.29, 0.717) is 36.9 Å². The highest BCUT2D eigenvalue weighted by Crippen LogP contribution is 2.22. The van der Waals surface area contributed by atoms with E-state index < -0.39 is 72.1 Å². The summed E-state index contributed by atoms with van der Waals surface area (Å²) in [6.45, 7) is 4.25. The number of amides is 4. The molecule has 2 rings (SSSR count). The van der Waals surface area contributed by atoms with Crippen LogP contribution < -0.4 is 44.6 Å². The molecule has 0 aliphatic carbocycles. The molecule has 18 nitrogen and oxygen atoms in total. The number of phenols is 1. The van der Waals surface area contributed by atoms with Crippen LogP contribution in [-0.4, -0.2) is 106 Å². The molecule has 4 amide bonds. The molecule has 2 aromatic rings. The first-order chi connectivity index (χ1) is 27.7. The summed E-state index contributed by atoms with van der Waals surface area (Å²) in [6, 6.07) is 8.07. The first-order valence-electron chi connectivity index (χ1n) is 17.9. The van der Waals surface area contributed by atoms with Crippen molar-refractivity contribution in [1.82, 2.24) is 16.0 Å². The van der Waals surface area contributed by atoms with Crippen LogP contribution in [0.1, 0.15) is 54.4 Å². The van der Waals surface area contributed by atoms with Crippen molar-refractivity contribution in [1.29, 1.82) is 0 Å². The van der Waals surface area contributed by atoms with Gasteiger partial charge in [-0.1, -0.05) is 30.3 Å². The number of nitrogens with two attached hydrogens (primary N) is 5. The third kappa shape index (κ3) is 22.1. The van der Waals surface area contributed by atoms with Crippen molar-refractivity contribution in [3.05, 3.63) is 64.7 Å². The van der Waals surface area contributed by atoms with E-state index >= 15 is 0 Å². The number of primary amides is 1. The van der Waals surface area contributed by atoms with Crippen LogP contribution in [0.25, 0.3) is 0 Å². The molecule has 0 fully saturated rings. The summed E-state index contributed by atoms with van der Waals surface area (Å²) in [5.41, 5.74) is 31.1. The molecule has 0 saturated heterocycles. The predicted molar refractivity (Wildman–Crippen MR) is 205 cm³/mol. The van der Waals surface area contributed by atoms with Crippen LogP contribution in [0, 0.1) is 13.8 Å². The molecular formula is C36H51F6N9O9. The first-order valence-corrected chi connectivity index (χ1v) is 17.9. The normalized spacial score (nSPS) is 13.0. The Morgan fingerprint density at radius 1 is 0.700 bits per heavy atom. The topological polar surface area (TPSA) is 342 Å². The quantitative estimate of drug-likeness (QED) is 0.0397. The molecule has 0 unspecified atom stereocenters. The van der Waals surface area contributed by atoms with E-state index in [1.54, 1.807) is 26.0 Å². The molecule has 60 heavy (non-hydrogen) atoms. The number of rotatable bonds is 19. The lowest BCUT2D eigenvalue weighted by molar-refractivity contribution is -0.193. The Hall–Kier alpha value is -6.17. The molecular weight excluding hydrogens is 816 g/mol. The van der Waals surface area contributed by atoms with E-state index in [1.807, 2.05) is 30.3 Å². The van der Waals surface area contributed by atoms with Crippen molar-refractivity contribution < 1.29 is 70.4 Å². The van der Waals surface area contributed by atoms with Crippen LogP contribution in [-0.2, 0) is 41.6 Å². The van der Waals surface area contributed by atoms with Crippen molar-refractivity contribution in [3.63, 3.8) is 0 Å². The zero-order valence-corrected chi connectivity index (χ0v) is 32.6. The summed E-state index contributed by atoms with van der Waals surface area (Å²) in [6.07, 6.45) is -7.89. The number of nitrogens with zero attached hydrogens (tertiary/aromatic N) is 1. The number of benzene rings is 2. The number of aryl methyl sites for hydroxylation is 2. The van der Waals surface area contributed by atoms with Gasteiger partial charge in [-0.3, -0.25) is 24.2 Å².